The van der Waals surface area contributed by atoms with E-state index in [9.17, 15) is 14.7 Å². The molecule has 5 heteroatoms. The lowest BCUT2D eigenvalue weighted by molar-refractivity contribution is -0.145. The Morgan fingerprint density at radius 2 is 1.94 bits per heavy atom. The Morgan fingerprint density at radius 1 is 1.28 bits per heavy atom. The molecule has 5 nitrogen and oxygen atoms in total. The molecule has 0 aliphatic heterocycles. The normalized spacial score (nSPS) is 12.5. The maximum Gasteiger partial charge on any atom is 0.311 e. The molecule has 0 aliphatic carbocycles. The highest BCUT2D eigenvalue weighted by atomic mass is 16.4. The zero-order valence-corrected chi connectivity index (χ0v) is 9.83. The molecule has 0 unspecified atom stereocenters. The molecule has 2 N–H and O–H groups in total. The standard InChI is InChI=1S/C13H13NO4/c1-14-7-10(8-4-2-3-5-11(8)14)9(13(17)18)6-12(15)16/h2-5,7,9H,6H2,1H3,(H,15,16)(H,17,18)/t9-/m0/s1. The molecule has 0 radical (unpaired) electrons. The summed E-state index contributed by atoms with van der Waals surface area (Å²) in [6.45, 7) is 0. The van der Waals surface area contributed by atoms with Crippen LogP contribution in [0.3, 0.4) is 0 Å². The van der Waals surface area contributed by atoms with Crippen LogP contribution in [0.4, 0.5) is 0 Å². The van der Waals surface area contributed by atoms with Gasteiger partial charge in [-0.2, -0.15) is 0 Å². The molecule has 2 aromatic rings. The van der Waals surface area contributed by atoms with Gasteiger partial charge < -0.3 is 14.8 Å². The van der Waals surface area contributed by atoms with E-state index in [1.807, 2.05) is 35.9 Å². The van der Waals surface area contributed by atoms with Crippen LogP contribution >= 0.6 is 0 Å². The summed E-state index contributed by atoms with van der Waals surface area (Å²) in [5.41, 5.74) is 1.44. The highest BCUT2D eigenvalue weighted by Gasteiger charge is 2.26. The zero-order valence-electron chi connectivity index (χ0n) is 9.83. The molecule has 1 aromatic heterocycles. The Bertz CT molecular complexity index is 614. The van der Waals surface area contributed by atoms with Gasteiger partial charge in [-0.1, -0.05) is 18.2 Å². The van der Waals surface area contributed by atoms with E-state index in [2.05, 4.69) is 0 Å². The minimum absolute atomic E-state index is 0.413. The van der Waals surface area contributed by atoms with Crippen LogP contribution in [0, 0.1) is 0 Å². The Balaban J connectivity index is 2.57. The van der Waals surface area contributed by atoms with Gasteiger partial charge in [0.15, 0.2) is 0 Å². The molecule has 1 aromatic carbocycles. The van der Waals surface area contributed by atoms with E-state index in [4.69, 9.17) is 5.11 Å². The Hall–Kier alpha value is -2.30. The third-order valence-corrected chi connectivity index (χ3v) is 2.98. The average Bonchev–Trinajstić information content (AvgIpc) is 2.64. The van der Waals surface area contributed by atoms with E-state index >= 15 is 0 Å². The molecule has 0 bridgehead atoms. The molecule has 0 spiro atoms. The van der Waals surface area contributed by atoms with E-state index in [0.717, 1.165) is 10.9 Å². The second kappa shape index (κ2) is 4.52. The van der Waals surface area contributed by atoms with Gasteiger partial charge in [-0.15, -0.1) is 0 Å². The van der Waals surface area contributed by atoms with Crippen molar-refractivity contribution < 1.29 is 19.8 Å². The van der Waals surface area contributed by atoms with Crippen LogP contribution in [-0.4, -0.2) is 26.7 Å². The number of aryl methyl sites for hydroxylation is 1. The van der Waals surface area contributed by atoms with Crippen LogP contribution in [0.5, 0.6) is 0 Å². The fourth-order valence-electron chi connectivity index (χ4n) is 2.16. The van der Waals surface area contributed by atoms with Crippen LogP contribution in [-0.2, 0) is 16.6 Å². The lowest BCUT2D eigenvalue weighted by atomic mass is 9.95. The van der Waals surface area contributed by atoms with Crippen molar-refractivity contribution in [2.45, 2.75) is 12.3 Å². The Kier molecular flexibility index (Phi) is 3.06. The number of nitrogens with zero attached hydrogens (tertiary/aromatic N) is 1. The van der Waals surface area contributed by atoms with Gasteiger partial charge in [-0.3, -0.25) is 9.59 Å². The van der Waals surface area contributed by atoms with Crippen molar-refractivity contribution in [2.24, 2.45) is 7.05 Å². The number of carboxylic acids is 2. The van der Waals surface area contributed by atoms with Gasteiger partial charge in [0.2, 0.25) is 0 Å². The lowest BCUT2D eigenvalue weighted by Gasteiger charge is -2.08. The molecule has 94 valence electrons. The molecule has 18 heavy (non-hydrogen) atoms. The predicted octanol–water partition coefficient (Wildman–Crippen LogP) is 1.82. The number of rotatable bonds is 4. The molecule has 0 aliphatic rings. The molecular formula is C13H13NO4. The van der Waals surface area contributed by atoms with Crippen molar-refractivity contribution in [3.8, 4) is 0 Å². The number of fused-ring (bicyclic) bond motifs is 1. The van der Waals surface area contributed by atoms with Crippen molar-refractivity contribution in [1.29, 1.82) is 0 Å². The summed E-state index contributed by atoms with van der Waals surface area (Å²) in [6, 6.07) is 7.35. The highest BCUT2D eigenvalue weighted by Crippen LogP contribution is 2.29. The number of hydrogen-bond acceptors (Lipinski definition) is 2. The summed E-state index contributed by atoms with van der Waals surface area (Å²) in [5, 5.41) is 18.8. The Labute approximate surface area is 103 Å². The molecule has 0 fully saturated rings. The van der Waals surface area contributed by atoms with Gasteiger partial charge >= 0.3 is 11.9 Å². The third-order valence-electron chi connectivity index (χ3n) is 2.98. The lowest BCUT2D eigenvalue weighted by Crippen LogP contribution is -2.15. The number of aromatic nitrogens is 1. The number of benzene rings is 1. The number of aliphatic carboxylic acids is 2. The number of hydrogen-bond donors (Lipinski definition) is 2. The average molecular weight is 247 g/mol. The monoisotopic (exact) mass is 247 g/mol. The van der Waals surface area contributed by atoms with E-state index in [1.165, 1.54) is 0 Å². The summed E-state index contributed by atoms with van der Waals surface area (Å²) in [7, 11) is 1.81. The molecule has 1 heterocycles. The SMILES string of the molecule is Cn1cc([C@H](CC(=O)O)C(=O)O)c2ccccc21. The molecule has 0 amide bonds. The van der Waals surface area contributed by atoms with Crippen LogP contribution < -0.4 is 0 Å². The van der Waals surface area contributed by atoms with Crippen molar-refractivity contribution in [3.05, 3.63) is 36.0 Å². The summed E-state index contributed by atoms with van der Waals surface area (Å²) in [6.07, 6.45) is 1.27. The second-order valence-electron chi connectivity index (χ2n) is 4.20. The van der Waals surface area contributed by atoms with Gasteiger partial charge in [0, 0.05) is 24.1 Å². The number of carbonyl (C=O) groups is 2. The number of para-hydroxylation sites is 1. The minimum atomic E-state index is -1.12. The maximum absolute atomic E-state index is 11.2. The van der Waals surface area contributed by atoms with Gasteiger partial charge in [-0.05, 0) is 11.6 Å². The van der Waals surface area contributed by atoms with E-state index in [-0.39, 0.29) is 0 Å². The fraction of sp³-hybridized carbons (Fsp3) is 0.231. The largest absolute Gasteiger partial charge is 0.481 e. The minimum Gasteiger partial charge on any atom is -0.481 e. The molecular weight excluding hydrogens is 234 g/mol. The van der Waals surface area contributed by atoms with Crippen LogP contribution in [0.15, 0.2) is 30.5 Å². The van der Waals surface area contributed by atoms with E-state index in [0.29, 0.717) is 5.56 Å². The Morgan fingerprint density at radius 3 is 2.56 bits per heavy atom. The smallest absolute Gasteiger partial charge is 0.311 e. The van der Waals surface area contributed by atoms with Gasteiger partial charge in [-0.25, -0.2) is 0 Å². The summed E-state index contributed by atoms with van der Waals surface area (Å²) < 4.78 is 1.81. The second-order valence-corrected chi connectivity index (χ2v) is 4.20. The van der Waals surface area contributed by atoms with Gasteiger partial charge in [0.25, 0.3) is 0 Å². The third kappa shape index (κ3) is 2.07. The zero-order chi connectivity index (χ0) is 13.3. The van der Waals surface area contributed by atoms with Crippen LogP contribution in [0.1, 0.15) is 17.9 Å². The van der Waals surface area contributed by atoms with Gasteiger partial charge in [0.1, 0.15) is 0 Å². The number of carboxylic acid groups (broad SMARTS) is 2. The van der Waals surface area contributed by atoms with Crippen molar-refractivity contribution in [3.63, 3.8) is 0 Å². The van der Waals surface area contributed by atoms with Crippen molar-refractivity contribution in [2.75, 3.05) is 0 Å². The van der Waals surface area contributed by atoms with E-state index < -0.39 is 24.3 Å². The van der Waals surface area contributed by atoms with Gasteiger partial charge in [0.05, 0.1) is 12.3 Å². The van der Waals surface area contributed by atoms with Crippen molar-refractivity contribution in [1.82, 2.24) is 4.57 Å². The van der Waals surface area contributed by atoms with E-state index in [1.54, 1.807) is 6.20 Å². The first-order chi connectivity index (χ1) is 8.50. The summed E-state index contributed by atoms with van der Waals surface area (Å²) in [4.78, 5) is 22.0. The first kappa shape index (κ1) is 12.2. The van der Waals surface area contributed by atoms with Crippen LogP contribution in [0.25, 0.3) is 10.9 Å². The first-order valence-corrected chi connectivity index (χ1v) is 5.49. The highest BCUT2D eigenvalue weighted by molar-refractivity contribution is 5.91. The summed E-state index contributed by atoms with van der Waals surface area (Å²) >= 11 is 0. The molecule has 0 saturated carbocycles. The molecule has 1 atom stereocenters. The summed E-state index contributed by atoms with van der Waals surface area (Å²) in [5.74, 6) is -3.25. The quantitative estimate of drug-likeness (QED) is 0.863. The fourth-order valence-corrected chi connectivity index (χ4v) is 2.16. The topological polar surface area (TPSA) is 79.5 Å². The maximum atomic E-state index is 11.2. The van der Waals surface area contributed by atoms with Crippen molar-refractivity contribution >= 4 is 22.8 Å². The predicted molar refractivity (Wildman–Crippen MR) is 65.5 cm³/mol. The first-order valence-electron chi connectivity index (χ1n) is 5.49. The molecule has 2 rings (SSSR count). The molecule has 0 saturated heterocycles. The van der Waals surface area contributed by atoms with Crippen LogP contribution in [0.2, 0.25) is 0 Å².